The van der Waals surface area contributed by atoms with Gasteiger partial charge in [0.1, 0.15) is 5.54 Å². The SMILES string of the molecule is C[C@H](N)C(=O)NC1(CNS(=O)(=O)N2C[C@H](CCCB(O)O)[C@](N)(C(=O)O)C2)CC1. The highest BCUT2D eigenvalue weighted by molar-refractivity contribution is 7.87. The average molecular weight is 435 g/mol. The first-order valence-corrected chi connectivity index (χ1v) is 11.0. The van der Waals surface area contributed by atoms with Gasteiger partial charge in [0.15, 0.2) is 0 Å². The Bertz CT molecular complexity index is 731. The number of carbonyl (C=O) groups is 2. The van der Waals surface area contributed by atoms with E-state index in [1.54, 1.807) is 0 Å². The van der Waals surface area contributed by atoms with Gasteiger partial charge in [0.2, 0.25) is 5.91 Å². The minimum atomic E-state index is -4.03. The topological polar surface area (TPSA) is 208 Å². The van der Waals surface area contributed by atoms with Crippen LogP contribution in [0.5, 0.6) is 0 Å². The first kappa shape index (κ1) is 24.0. The Morgan fingerprint density at radius 2 is 1.97 bits per heavy atom. The fourth-order valence-electron chi connectivity index (χ4n) is 3.41. The molecule has 1 amide bonds. The van der Waals surface area contributed by atoms with Crippen molar-refractivity contribution in [2.45, 2.75) is 56.0 Å². The van der Waals surface area contributed by atoms with Gasteiger partial charge in [-0.1, -0.05) is 6.42 Å². The number of carboxylic acid groups (broad SMARTS) is 1. The van der Waals surface area contributed by atoms with Crippen LogP contribution in [0, 0.1) is 5.92 Å². The number of amides is 1. The number of carboxylic acids is 1. The summed E-state index contributed by atoms with van der Waals surface area (Å²) in [6, 6.07) is -0.714. The molecule has 2 aliphatic rings. The van der Waals surface area contributed by atoms with Crippen LogP contribution in [0.2, 0.25) is 6.32 Å². The number of hydrogen-bond acceptors (Lipinski definition) is 8. The van der Waals surface area contributed by atoms with Crippen LogP contribution in [-0.4, -0.2) is 83.6 Å². The lowest BCUT2D eigenvalue weighted by Gasteiger charge is -2.25. The molecule has 0 aromatic heterocycles. The molecule has 2 rings (SSSR count). The normalized spacial score (nSPS) is 27.4. The van der Waals surface area contributed by atoms with Crippen LogP contribution < -0.4 is 21.5 Å². The van der Waals surface area contributed by atoms with E-state index in [0.29, 0.717) is 19.3 Å². The van der Waals surface area contributed by atoms with E-state index in [-0.39, 0.29) is 31.7 Å². The van der Waals surface area contributed by atoms with Crippen LogP contribution in [-0.2, 0) is 19.8 Å². The summed E-state index contributed by atoms with van der Waals surface area (Å²) in [7, 11) is -5.55. The number of hydrogen-bond donors (Lipinski definition) is 7. The molecule has 2 fully saturated rings. The Morgan fingerprint density at radius 1 is 1.34 bits per heavy atom. The second-order valence-corrected chi connectivity index (χ2v) is 9.89. The van der Waals surface area contributed by atoms with Crippen molar-refractivity contribution >= 4 is 29.2 Å². The summed E-state index contributed by atoms with van der Waals surface area (Å²) in [5.74, 6) is -2.36. The van der Waals surface area contributed by atoms with E-state index in [1.165, 1.54) is 6.92 Å². The smallest absolute Gasteiger partial charge is 0.451 e. The zero-order valence-electron chi connectivity index (χ0n) is 16.4. The van der Waals surface area contributed by atoms with Crippen molar-refractivity contribution in [2.75, 3.05) is 19.6 Å². The summed E-state index contributed by atoms with van der Waals surface area (Å²) < 4.78 is 28.9. The van der Waals surface area contributed by atoms with Gasteiger partial charge < -0.3 is 31.9 Å². The van der Waals surface area contributed by atoms with Gasteiger partial charge in [-0.2, -0.15) is 17.4 Å². The van der Waals surface area contributed by atoms with Crippen molar-refractivity contribution in [3.63, 3.8) is 0 Å². The molecule has 0 aromatic rings. The van der Waals surface area contributed by atoms with Crippen molar-refractivity contribution in [1.82, 2.24) is 14.3 Å². The highest BCUT2D eigenvalue weighted by Crippen LogP contribution is 2.36. The van der Waals surface area contributed by atoms with Crippen LogP contribution >= 0.6 is 0 Å². The Kier molecular flexibility index (Phi) is 7.31. The molecule has 0 unspecified atom stereocenters. The summed E-state index contributed by atoms with van der Waals surface area (Å²) >= 11 is 0. The monoisotopic (exact) mass is 435 g/mol. The second kappa shape index (κ2) is 8.84. The van der Waals surface area contributed by atoms with Crippen molar-refractivity contribution in [1.29, 1.82) is 0 Å². The van der Waals surface area contributed by atoms with Crippen LogP contribution in [0.3, 0.4) is 0 Å². The van der Waals surface area contributed by atoms with Gasteiger partial charge in [-0.3, -0.25) is 9.59 Å². The maximum Gasteiger partial charge on any atom is 0.451 e. The number of aliphatic carboxylic acids is 1. The second-order valence-electron chi connectivity index (χ2n) is 8.13. The van der Waals surface area contributed by atoms with Crippen LogP contribution in [0.4, 0.5) is 0 Å². The average Bonchev–Trinajstić information content (AvgIpc) is 3.28. The molecule has 1 aliphatic carbocycles. The molecule has 29 heavy (non-hydrogen) atoms. The predicted molar refractivity (Wildman–Crippen MR) is 105 cm³/mol. The molecule has 0 spiro atoms. The lowest BCUT2D eigenvalue weighted by Crippen LogP contribution is -2.56. The van der Waals surface area contributed by atoms with E-state index in [2.05, 4.69) is 10.0 Å². The summed E-state index contributed by atoms with van der Waals surface area (Å²) in [5, 5.41) is 30.2. The summed E-state index contributed by atoms with van der Waals surface area (Å²) in [5.41, 5.74) is 9.09. The molecule has 166 valence electrons. The molecule has 0 radical (unpaired) electrons. The highest BCUT2D eigenvalue weighted by atomic mass is 32.2. The lowest BCUT2D eigenvalue weighted by molar-refractivity contribution is -0.144. The largest absolute Gasteiger partial charge is 0.480 e. The fourth-order valence-corrected chi connectivity index (χ4v) is 4.81. The van der Waals surface area contributed by atoms with Gasteiger partial charge in [-0.15, -0.1) is 0 Å². The third-order valence-corrected chi connectivity index (χ3v) is 7.06. The first-order valence-electron chi connectivity index (χ1n) is 9.52. The third kappa shape index (κ3) is 5.87. The standard InChI is InChI=1S/C15H30BN5O7S/c1-10(17)12(22)20-14(4-5-14)8-19-29(27,28)21-7-11(3-2-6-16(25)26)15(18,9-21)13(23)24/h10-11,19,25-26H,2-9,17-18H2,1H3,(H,20,22)(H,23,24)/t10-,11-,15-/m0/s1. The van der Waals surface area contributed by atoms with Gasteiger partial charge in [-0.25, -0.2) is 0 Å². The van der Waals surface area contributed by atoms with E-state index in [1.807, 2.05) is 0 Å². The molecular formula is C15H30BN5O7S. The Balaban J connectivity index is 2.01. The molecule has 9 N–H and O–H groups in total. The van der Waals surface area contributed by atoms with Crippen LogP contribution in [0.25, 0.3) is 0 Å². The van der Waals surface area contributed by atoms with E-state index in [9.17, 15) is 23.1 Å². The minimum Gasteiger partial charge on any atom is -0.480 e. The van der Waals surface area contributed by atoms with Crippen LogP contribution in [0.1, 0.15) is 32.6 Å². The molecule has 1 saturated carbocycles. The fraction of sp³-hybridized carbons (Fsp3) is 0.867. The number of nitrogens with zero attached hydrogens (tertiary/aromatic N) is 1. The lowest BCUT2D eigenvalue weighted by atomic mass is 9.78. The van der Waals surface area contributed by atoms with Crippen molar-refractivity contribution in [2.24, 2.45) is 17.4 Å². The predicted octanol–water partition coefficient (Wildman–Crippen LogP) is -3.22. The van der Waals surface area contributed by atoms with Gasteiger partial charge in [0, 0.05) is 25.6 Å². The Labute approximate surface area is 170 Å². The number of rotatable bonds is 11. The van der Waals surface area contributed by atoms with E-state index in [0.717, 1.165) is 4.31 Å². The molecule has 0 bridgehead atoms. The summed E-state index contributed by atoms with van der Waals surface area (Å²) in [4.78, 5) is 23.5. The molecule has 14 heteroatoms. The van der Waals surface area contributed by atoms with Gasteiger partial charge in [0.25, 0.3) is 10.2 Å². The van der Waals surface area contributed by atoms with E-state index in [4.69, 9.17) is 21.5 Å². The number of nitrogens with two attached hydrogens (primary N) is 2. The van der Waals surface area contributed by atoms with E-state index >= 15 is 0 Å². The zero-order chi connectivity index (χ0) is 22.0. The number of nitrogens with one attached hydrogen (secondary N) is 2. The Hall–Kier alpha value is -1.29. The maximum absolute atomic E-state index is 12.7. The third-order valence-electron chi connectivity index (χ3n) is 5.59. The molecule has 1 saturated heterocycles. The highest BCUT2D eigenvalue weighted by Gasteiger charge is 2.53. The van der Waals surface area contributed by atoms with Crippen molar-refractivity contribution in [3.8, 4) is 0 Å². The van der Waals surface area contributed by atoms with Crippen LogP contribution in [0.15, 0.2) is 0 Å². The molecular weight excluding hydrogens is 405 g/mol. The minimum absolute atomic E-state index is 0.0314. The number of carbonyl (C=O) groups excluding carboxylic acids is 1. The summed E-state index contributed by atoms with van der Waals surface area (Å²) in [6.07, 6.45) is 1.79. The van der Waals surface area contributed by atoms with Crippen molar-refractivity contribution < 1.29 is 33.2 Å². The van der Waals surface area contributed by atoms with Gasteiger partial charge in [-0.05, 0) is 32.5 Å². The quantitative estimate of drug-likeness (QED) is 0.163. The Morgan fingerprint density at radius 3 is 2.45 bits per heavy atom. The summed E-state index contributed by atoms with van der Waals surface area (Å²) in [6.45, 7) is 1.00. The molecule has 0 aromatic carbocycles. The molecule has 12 nitrogen and oxygen atoms in total. The van der Waals surface area contributed by atoms with Gasteiger partial charge >= 0.3 is 13.1 Å². The van der Waals surface area contributed by atoms with Gasteiger partial charge in [0.05, 0.1) is 11.6 Å². The maximum atomic E-state index is 12.7. The molecule has 1 heterocycles. The molecule has 1 aliphatic heterocycles. The molecule has 3 atom stereocenters. The van der Waals surface area contributed by atoms with Crippen molar-refractivity contribution in [3.05, 3.63) is 0 Å². The first-order chi connectivity index (χ1) is 13.3. The van der Waals surface area contributed by atoms with E-state index < -0.39 is 52.9 Å². The zero-order valence-corrected chi connectivity index (χ0v) is 17.2.